The van der Waals surface area contributed by atoms with E-state index in [-0.39, 0.29) is 11.8 Å². The van der Waals surface area contributed by atoms with Crippen molar-refractivity contribution in [2.75, 3.05) is 19.8 Å². The number of pyridine rings is 1. The standard InChI is InChI=1S/C16H23N3O2/c1-11-15(14-2-5-17-8-13(14)9-18-11)10-19-16(20)12-3-6-21-7-4-12/h9,12,17H,2-8,10H2,1H3,(H,19,20). The summed E-state index contributed by atoms with van der Waals surface area (Å²) in [6.45, 7) is 5.90. The molecule has 0 aliphatic carbocycles. The van der Waals surface area contributed by atoms with Crippen LogP contribution in [-0.4, -0.2) is 30.6 Å². The molecule has 114 valence electrons. The molecule has 5 nitrogen and oxygen atoms in total. The third kappa shape index (κ3) is 3.24. The monoisotopic (exact) mass is 289 g/mol. The van der Waals surface area contributed by atoms with E-state index in [0.29, 0.717) is 19.8 Å². The van der Waals surface area contributed by atoms with Gasteiger partial charge in [0, 0.05) is 44.1 Å². The Balaban J connectivity index is 1.68. The van der Waals surface area contributed by atoms with Crippen LogP contribution in [0.2, 0.25) is 0 Å². The first kappa shape index (κ1) is 14.5. The van der Waals surface area contributed by atoms with Crippen LogP contribution >= 0.6 is 0 Å². The number of amides is 1. The Labute approximate surface area is 125 Å². The third-order valence-electron chi connectivity index (χ3n) is 4.50. The molecular weight excluding hydrogens is 266 g/mol. The van der Waals surface area contributed by atoms with E-state index < -0.39 is 0 Å². The van der Waals surface area contributed by atoms with Crippen LogP contribution in [0.25, 0.3) is 0 Å². The zero-order chi connectivity index (χ0) is 14.7. The zero-order valence-corrected chi connectivity index (χ0v) is 12.6. The number of aromatic nitrogens is 1. The highest BCUT2D eigenvalue weighted by atomic mass is 16.5. The summed E-state index contributed by atoms with van der Waals surface area (Å²) in [7, 11) is 0. The summed E-state index contributed by atoms with van der Waals surface area (Å²) in [5.74, 6) is 0.262. The molecule has 1 amide bonds. The van der Waals surface area contributed by atoms with E-state index in [9.17, 15) is 4.79 Å². The van der Waals surface area contributed by atoms with Crippen molar-refractivity contribution in [3.8, 4) is 0 Å². The molecule has 0 atom stereocenters. The molecular formula is C16H23N3O2. The van der Waals surface area contributed by atoms with Crippen molar-refractivity contribution in [1.82, 2.24) is 15.6 Å². The van der Waals surface area contributed by atoms with Crippen molar-refractivity contribution >= 4 is 5.91 Å². The molecule has 1 saturated heterocycles. The molecule has 3 rings (SSSR count). The smallest absolute Gasteiger partial charge is 0.223 e. The van der Waals surface area contributed by atoms with E-state index in [0.717, 1.165) is 38.0 Å². The van der Waals surface area contributed by atoms with Crippen LogP contribution in [0, 0.1) is 12.8 Å². The van der Waals surface area contributed by atoms with Crippen LogP contribution in [0.5, 0.6) is 0 Å². The van der Waals surface area contributed by atoms with Crippen molar-refractivity contribution in [2.24, 2.45) is 5.92 Å². The quantitative estimate of drug-likeness (QED) is 0.874. The number of rotatable bonds is 3. The van der Waals surface area contributed by atoms with Gasteiger partial charge in [-0.1, -0.05) is 0 Å². The van der Waals surface area contributed by atoms with Gasteiger partial charge in [0.15, 0.2) is 0 Å². The zero-order valence-electron chi connectivity index (χ0n) is 12.6. The summed E-state index contributed by atoms with van der Waals surface area (Å²) >= 11 is 0. The van der Waals surface area contributed by atoms with Crippen LogP contribution in [0.15, 0.2) is 6.20 Å². The van der Waals surface area contributed by atoms with E-state index in [1.54, 1.807) is 0 Å². The number of hydrogen-bond acceptors (Lipinski definition) is 4. The van der Waals surface area contributed by atoms with Gasteiger partial charge in [0.1, 0.15) is 0 Å². The molecule has 0 radical (unpaired) electrons. The minimum absolute atomic E-state index is 0.105. The minimum atomic E-state index is 0.105. The topological polar surface area (TPSA) is 63.2 Å². The number of carbonyl (C=O) groups excluding carboxylic acids is 1. The van der Waals surface area contributed by atoms with Gasteiger partial charge >= 0.3 is 0 Å². The number of ether oxygens (including phenoxy) is 1. The number of fused-ring (bicyclic) bond motifs is 1. The van der Waals surface area contributed by atoms with E-state index in [4.69, 9.17) is 4.74 Å². The van der Waals surface area contributed by atoms with E-state index in [1.165, 1.54) is 16.7 Å². The number of carbonyl (C=O) groups is 1. The number of aryl methyl sites for hydroxylation is 1. The van der Waals surface area contributed by atoms with Crippen molar-refractivity contribution in [2.45, 2.75) is 39.3 Å². The largest absolute Gasteiger partial charge is 0.381 e. The van der Waals surface area contributed by atoms with Crippen LogP contribution in [-0.2, 0) is 29.0 Å². The third-order valence-corrected chi connectivity index (χ3v) is 4.50. The minimum Gasteiger partial charge on any atom is -0.381 e. The lowest BCUT2D eigenvalue weighted by Gasteiger charge is -2.24. The van der Waals surface area contributed by atoms with Gasteiger partial charge in [0.2, 0.25) is 5.91 Å². The Hall–Kier alpha value is -1.46. The average Bonchev–Trinajstić information content (AvgIpc) is 2.54. The fourth-order valence-corrected chi connectivity index (χ4v) is 3.16. The first-order chi connectivity index (χ1) is 10.3. The Morgan fingerprint density at radius 1 is 1.48 bits per heavy atom. The van der Waals surface area contributed by atoms with Crippen LogP contribution in [0.3, 0.4) is 0 Å². The summed E-state index contributed by atoms with van der Waals surface area (Å²) in [6, 6.07) is 0. The maximum Gasteiger partial charge on any atom is 0.223 e. The molecule has 3 heterocycles. The van der Waals surface area contributed by atoms with Gasteiger partial charge in [0.05, 0.1) is 0 Å². The lowest BCUT2D eigenvalue weighted by molar-refractivity contribution is -0.128. The van der Waals surface area contributed by atoms with Gasteiger partial charge in [-0.3, -0.25) is 9.78 Å². The molecule has 21 heavy (non-hydrogen) atoms. The summed E-state index contributed by atoms with van der Waals surface area (Å²) in [4.78, 5) is 16.7. The molecule has 0 spiro atoms. The Bertz CT molecular complexity index is 524. The molecule has 2 aliphatic rings. The van der Waals surface area contributed by atoms with Crippen molar-refractivity contribution in [1.29, 1.82) is 0 Å². The predicted octanol–water partition coefficient (Wildman–Crippen LogP) is 1.08. The van der Waals surface area contributed by atoms with Crippen LogP contribution in [0.1, 0.15) is 35.2 Å². The molecule has 5 heteroatoms. The summed E-state index contributed by atoms with van der Waals surface area (Å²) in [5.41, 5.74) is 4.87. The SMILES string of the molecule is Cc1ncc2c(c1CNC(=O)C1CCOCC1)CCNC2. The Morgan fingerprint density at radius 2 is 2.29 bits per heavy atom. The van der Waals surface area contributed by atoms with E-state index in [1.807, 2.05) is 13.1 Å². The normalized spacial score (nSPS) is 19.1. The van der Waals surface area contributed by atoms with Gasteiger partial charge in [-0.25, -0.2) is 0 Å². The van der Waals surface area contributed by atoms with Gasteiger partial charge in [-0.05, 0) is 49.4 Å². The van der Waals surface area contributed by atoms with Gasteiger partial charge in [-0.2, -0.15) is 0 Å². The molecule has 1 aromatic heterocycles. The predicted molar refractivity (Wildman–Crippen MR) is 79.8 cm³/mol. The van der Waals surface area contributed by atoms with Crippen molar-refractivity contribution in [3.63, 3.8) is 0 Å². The molecule has 0 unspecified atom stereocenters. The lowest BCUT2D eigenvalue weighted by atomic mass is 9.95. The van der Waals surface area contributed by atoms with Crippen LogP contribution < -0.4 is 10.6 Å². The second kappa shape index (κ2) is 6.54. The summed E-state index contributed by atoms with van der Waals surface area (Å²) in [5, 5.41) is 6.47. The fourth-order valence-electron chi connectivity index (χ4n) is 3.16. The number of nitrogens with one attached hydrogen (secondary N) is 2. The molecule has 0 saturated carbocycles. The molecule has 2 N–H and O–H groups in total. The maximum atomic E-state index is 12.3. The second-order valence-corrected chi connectivity index (χ2v) is 5.86. The summed E-state index contributed by atoms with van der Waals surface area (Å²) < 4.78 is 5.31. The van der Waals surface area contributed by atoms with Crippen molar-refractivity contribution < 1.29 is 9.53 Å². The van der Waals surface area contributed by atoms with Gasteiger partial charge in [0.25, 0.3) is 0 Å². The fraction of sp³-hybridized carbons (Fsp3) is 0.625. The number of hydrogen-bond donors (Lipinski definition) is 2. The van der Waals surface area contributed by atoms with Gasteiger partial charge in [-0.15, -0.1) is 0 Å². The molecule has 2 aliphatic heterocycles. The average molecular weight is 289 g/mol. The first-order valence-electron chi connectivity index (χ1n) is 7.78. The molecule has 0 aromatic carbocycles. The molecule has 1 fully saturated rings. The molecule has 1 aromatic rings. The van der Waals surface area contributed by atoms with Gasteiger partial charge < -0.3 is 15.4 Å². The van der Waals surface area contributed by atoms with E-state index >= 15 is 0 Å². The maximum absolute atomic E-state index is 12.3. The second-order valence-electron chi connectivity index (χ2n) is 5.86. The summed E-state index contributed by atoms with van der Waals surface area (Å²) in [6.07, 6.45) is 4.64. The Kier molecular flexibility index (Phi) is 4.51. The van der Waals surface area contributed by atoms with Crippen LogP contribution in [0.4, 0.5) is 0 Å². The molecule has 0 bridgehead atoms. The lowest BCUT2D eigenvalue weighted by Crippen LogP contribution is -2.35. The highest BCUT2D eigenvalue weighted by molar-refractivity contribution is 5.78. The number of nitrogens with zero attached hydrogens (tertiary/aromatic N) is 1. The van der Waals surface area contributed by atoms with Crippen molar-refractivity contribution in [3.05, 3.63) is 28.6 Å². The van der Waals surface area contributed by atoms with E-state index in [2.05, 4.69) is 15.6 Å². The highest BCUT2D eigenvalue weighted by Gasteiger charge is 2.22. The first-order valence-corrected chi connectivity index (χ1v) is 7.78. The Morgan fingerprint density at radius 3 is 3.10 bits per heavy atom. The highest BCUT2D eigenvalue weighted by Crippen LogP contribution is 2.21.